The Balaban J connectivity index is 0.00000200. The van der Waals surface area contributed by atoms with Crippen molar-refractivity contribution in [1.82, 2.24) is 10.2 Å². The van der Waals surface area contributed by atoms with Gasteiger partial charge in [0, 0.05) is 13.1 Å². The number of hydrogen-bond donors (Lipinski definition) is 1. The Morgan fingerprint density at radius 3 is 2.70 bits per heavy atom. The van der Waals surface area contributed by atoms with E-state index in [1.807, 2.05) is 0 Å². The number of halogens is 1. The molecule has 3 nitrogen and oxygen atoms in total. The van der Waals surface area contributed by atoms with Crippen LogP contribution in [0.4, 0.5) is 0 Å². The highest BCUT2D eigenvalue weighted by atomic mass is 35.5. The van der Waals surface area contributed by atoms with Gasteiger partial charge in [0.05, 0.1) is 7.11 Å². The molecule has 0 spiro atoms. The van der Waals surface area contributed by atoms with Crippen molar-refractivity contribution in [2.24, 2.45) is 5.92 Å². The van der Waals surface area contributed by atoms with Gasteiger partial charge in [-0.1, -0.05) is 12.1 Å². The van der Waals surface area contributed by atoms with Gasteiger partial charge in [-0.2, -0.15) is 0 Å². The second kappa shape index (κ2) is 9.22. The molecule has 1 aliphatic heterocycles. The highest BCUT2D eigenvalue weighted by Crippen LogP contribution is 2.17. The molecule has 1 heterocycles. The lowest BCUT2D eigenvalue weighted by Crippen LogP contribution is -2.39. The third-order valence-electron chi connectivity index (χ3n) is 3.97. The van der Waals surface area contributed by atoms with E-state index in [9.17, 15) is 0 Å². The molecule has 1 aromatic rings. The van der Waals surface area contributed by atoms with E-state index in [0.29, 0.717) is 0 Å². The zero-order valence-electron chi connectivity index (χ0n) is 12.6. The standard InChI is InChI=1S/C16H26N2O.ClH/c1-17-12-15-4-3-10-18(13-15)11-9-14-5-7-16(19-2)8-6-14;/h5-8,15,17H,3-4,9-13H2,1-2H3;1H. The Bertz CT molecular complexity index is 367. The second-order valence-electron chi connectivity index (χ2n) is 5.46. The minimum absolute atomic E-state index is 0. The molecule has 0 bridgehead atoms. The normalized spacial score (nSPS) is 19.4. The summed E-state index contributed by atoms with van der Waals surface area (Å²) in [6.45, 7) is 4.83. The van der Waals surface area contributed by atoms with Crippen molar-refractivity contribution in [3.05, 3.63) is 29.8 Å². The van der Waals surface area contributed by atoms with E-state index in [4.69, 9.17) is 4.74 Å². The smallest absolute Gasteiger partial charge is 0.118 e. The van der Waals surface area contributed by atoms with E-state index >= 15 is 0 Å². The number of piperidine rings is 1. The Hall–Kier alpha value is -0.770. The molecular weight excluding hydrogens is 272 g/mol. The first kappa shape index (κ1) is 17.3. The molecule has 0 radical (unpaired) electrons. The molecule has 1 aromatic carbocycles. The third-order valence-corrected chi connectivity index (χ3v) is 3.97. The van der Waals surface area contributed by atoms with Gasteiger partial charge < -0.3 is 15.0 Å². The molecule has 0 aliphatic carbocycles. The van der Waals surface area contributed by atoms with Gasteiger partial charge in [-0.3, -0.25) is 0 Å². The first-order valence-corrected chi connectivity index (χ1v) is 7.31. The van der Waals surface area contributed by atoms with Crippen LogP contribution >= 0.6 is 12.4 Å². The largest absolute Gasteiger partial charge is 0.497 e. The topological polar surface area (TPSA) is 24.5 Å². The van der Waals surface area contributed by atoms with Crippen molar-refractivity contribution in [3.63, 3.8) is 0 Å². The maximum Gasteiger partial charge on any atom is 0.118 e. The van der Waals surface area contributed by atoms with Crippen LogP contribution in [0.25, 0.3) is 0 Å². The molecule has 1 N–H and O–H groups in total. The number of nitrogens with one attached hydrogen (secondary N) is 1. The van der Waals surface area contributed by atoms with Crippen LogP contribution in [0.2, 0.25) is 0 Å². The second-order valence-corrected chi connectivity index (χ2v) is 5.46. The number of nitrogens with zero attached hydrogens (tertiary/aromatic N) is 1. The van der Waals surface area contributed by atoms with E-state index < -0.39 is 0 Å². The summed E-state index contributed by atoms with van der Waals surface area (Å²) in [4.78, 5) is 2.61. The fourth-order valence-electron chi connectivity index (χ4n) is 2.89. The molecule has 1 fully saturated rings. The SMILES string of the molecule is CNCC1CCCN(CCc2ccc(OC)cc2)C1.Cl. The highest BCUT2D eigenvalue weighted by molar-refractivity contribution is 5.85. The fraction of sp³-hybridized carbons (Fsp3) is 0.625. The van der Waals surface area contributed by atoms with Gasteiger partial charge in [0.1, 0.15) is 5.75 Å². The predicted octanol–water partition coefficient (Wildman–Crippen LogP) is 2.59. The van der Waals surface area contributed by atoms with Crippen molar-refractivity contribution in [2.75, 3.05) is 40.3 Å². The molecule has 114 valence electrons. The Morgan fingerprint density at radius 1 is 1.30 bits per heavy atom. The average molecular weight is 299 g/mol. The summed E-state index contributed by atoms with van der Waals surface area (Å²) in [6.07, 6.45) is 3.85. The van der Waals surface area contributed by atoms with Crippen molar-refractivity contribution in [3.8, 4) is 5.75 Å². The maximum atomic E-state index is 5.19. The molecular formula is C16H27ClN2O. The van der Waals surface area contributed by atoms with Gasteiger partial charge >= 0.3 is 0 Å². The summed E-state index contributed by atoms with van der Waals surface area (Å²) in [5, 5.41) is 3.30. The molecule has 20 heavy (non-hydrogen) atoms. The summed E-state index contributed by atoms with van der Waals surface area (Å²) in [5.74, 6) is 1.77. The quantitative estimate of drug-likeness (QED) is 0.874. The van der Waals surface area contributed by atoms with Crippen LogP contribution in [0.1, 0.15) is 18.4 Å². The summed E-state index contributed by atoms with van der Waals surface area (Å²) < 4.78 is 5.19. The van der Waals surface area contributed by atoms with Crippen LogP contribution in [0, 0.1) is 5.92 Å². The van der Waals surface area contributed by atoms with E-state index in [1.54, 1.807) is 7.11 Å². The summed E-state index contributed by atoms with van der Waals surface area (Å²) >= 11 is 0. The molecule has 0 aromatic heterocycles. The Labute approximate surface area is 129 Å². The van der Waals surface area contributed by atoms with Gasteiger partial charge in [-0.05, 0) is 63.0 Å². The Morgan fingerprint density at radius 2 is 2.05 bits per heavy atom. The third kappa shape index (κ3) is 5.31. The van der Waals surface area contributed by atoms with Gasteiger partial charge in [0.2, 0.25) is 0 Å². The summed E-state index contributed by atoms with van der Waals surface area (Å²) in [6, 6.07) is 8.45. The number of likely N-dealkylation sites (tertiary alicyclic amines) is 1. The van der Waals surface area contributed by atoms with Gasteiger partial charge in [-0.15, -0.1) is 12.4 Å². The van der Waals surface area contributed by atoms with Crippen LogP contribution in [-0.4, -0.2) is 45.2 Å². The first-order valence-electron chi connectivity index (χ1n) is 7.31. The first-order chi connectivity index (χ1) is 9.31. The predicted molar refractivity (Wildman–Crippen MR) is 87.0 cm³/mol. The monoisotopic (exact) mass is 298 g/mol. The van der Waals surface area contributed by atoms with Gasteiger partial charge in [0.25, 0.3) is 0 Å². The van der Waals surface area contributed by atoms with Crippen LogP contribution in [0.15, 0.2) is 24.3 Å². The summed E-state index contributed by atoms with van der Waals surface area (Å²) in [5.41, 5.74) is 1.40. The van der Waals surface area contributed by atoms with Gasteiger partial charge in [-0.25, -0.2) is 0 Å². The number of benzene rings is 1. The molecule has 1 atom stereocenters. The molecule has 1 saturated heterocycles. The lowest BCUT2D eigenvalue weighted by molar-refractivity contribution is 0.175. The number of methoxy groups -OCH3 is 1. The molecule has 1 aliphatic rings. The minimum atomic E-state index is 0. The average Bonchev–Trinajstić information content (AvgIpc) is 2.46. The van der Waals surface area contributed by atoms with Gasteiger partial charge in [0.15, 0.2) is 0 Å². The van der Waals surface area contributed by atoms with Crippen LogP contribution in [0.5, 0.6) is 5.75 Å². The molecule has 1 unspecified atom stereocenters. The van der Waals surface area contributed by atoms with E-state index in [-0.39, 0.29) is 12.4 Å². The van der Waals surface area contributed by atoms with Crippen LogP contribution < -0.4 is 10.1 Å². The molecule has 2 rings (SSSR count). The lowest BCUT2D eigenvalue weighted by atomic mass is 9.97. The van der Waals surface area contributed by atoms with E-state index in [0.717, 1.165) is 24.6 Å². The van der Waals surface area contributed by atoms with Crippen molar-refractivity contribution in [2.45, 2.75) is 19.3 Å². The van der Waals surface area contributed by atoms with Crippen LogP contribution in [-0.2, 0) is 6.42 Å². The fourth-order valence-corrected chi connectivity index (χ4v) is 2.89. The zero-order chi connectivity index (χ0) is 13.5. The number of rotatable bonds is 6. The number of hydrogen-bond acceptors (Lipinski definition) is 3. The maximum absolute atomic E-state index is 5.19. The molecule has 0 amide bonds. The minimum Gasteiger partial charge on any atom is -0.497 e. The molecule has 4 heteroatoms. The Kier molecular flexibility index (Phi) is 7.97. The van der Waals surface area contributed by atoms with E-state index in [2.05, 4.69) is 41.5 Å². The molecule has 0 saturated carbocycles. The highest BCUT2D eigenvalue weighted by Gasteiger charge is 2.18. The summed E-state index contributed by atoms with van der Waals surface area (Å²) in [7, 11) is 3.76. The van der Waals surface area contributed by atoms with Crippen molar-refractivity contribution >= 4 is 12.4 Å². The van der Waals surface area contributed by atoms with Crippen molar-refractivity contribution in [1.29, 1.82) is 0 Å². The van der Waals surface area contributed by atoms with E-state index in [1.165, 1.54) is 38.0 Å². The van der Waals surface area contributed by atoms with Crippen molar-refractivity contribution < 1.29 is 4.74 Å². The lowest BCUT2D eigenvalue weighted by Gasteiger charge is -2.32. The number of ether oxygens (including phenoxy) is 1. The zero-order valence-corrected chi connectivity index (χ0v) is 13.4. The van der Waals surface area contributed by atoms with Crippen LogP contribution in [0.3, 0.4) is 0 Å².